The van der Waals surface area contributed by atoms with Gasteiger partial charge in [-0.3, -0.25) is 0 Å². The van der Waals surface area contributed by atoms with Gasteiger partial charge in [0.2, 0.25) is 0 Å². The number of fused-ring (bicyclic) bond motifs is 1. The van der Waals surface area contributed by atoms with Crippen molar-refractivity contribution in [1.29, 1.82) is 0 Å². The molecule has 4 rings (SSSR count). The van der Waals surface area contributed by atoms with Crippen molar-refractivity contribution in [2.45, 2.75) is 38.5 Å². The minimum absolute atomic E-state index is 0.797. The summed E-state index contributed by atoms with van der Waals surface area (Å²) in [7, 11) is 0. The van der Waals surface area contributed by atoms with E-state index in [4.69, 9.17) is 11.6 Å². The number of rotatable bonds is 7. The fraction of sp³-hybridized carbons (Fsp3) is 0.417. The molecular formula is C24H29ClN2. The van der Waals surface area contributed by atoms with Crippen LogP contribution in [0.3, 0.4) is 0 Å². The summed E-state index contributed by atoms with van der Waals surface area (Å²) in [6.45, 7) is 3.77. The van der Waals surface area contributed by atoms with Crippen molar-refractivity contribution in [2.24, 2.45) is 5.92 Å². The first-order valence-electron chi connectivity index (χ1n) is 10.3. The Morgan fingerprint density at radius 3 is 2.81 bits per heavy atom. The average Bonchev–Trinajstić information content (AvgIpc) is 3.08. The van der Waals surface area contributed by atoms with Gasteiger partial charge >= 0.3 is 0 Å². The fourth-order valence-electron chi connectivity index (χ4n) is 4.41. The molecule has 2 nitrogen and oxygen atoms in total. The Labute approximate surface area is 167 Å². The number of nitrogens with one attached hydrogen (secondary N) is 1. The minimum atomic E-state index is 0.797. The number of nitrogens with zero attached hydrogens (tertiary/aromatic N) is 1. The standard InChI is InChI=1S/C24H29ClN2/c25-22-12-11-21-16-23(26-24(21)17-22)10-4-5-13-27-14-6-9-20(18-27)15-19-7-2-1-3-8-19/h1-3,7-8,11-12,16-17,20,26H,4-6,9-10,13-15,18H2. The van der Waals surface area contributed by atoms with Crippen LogP contribution in [0.4, 0.5) is 0 Å². The molecule has 1 unspecified atom stereocenters. The Morgan fingerprint density at radius 2 is 1.93 bits per heavy atom. The highest BCUT2D eigenvalue weighted by Crippen LogP contribution is 2.22. The maximum Gasteiger partial charge on any atom is 0.0471 e. The van der Waals surface area contributed by atoms with E-state index in [1.807, 2.05) is 12.1 Å². The predicted octanol–water partition coefficient (Wildman–Crippen LogP) is 6.10. The Bertz CT molecular complexity index is 855. The lowest BCUT2D eigenvalue weighted by Crippen LogP contribution is -2.36. The van der Waals surface area contributed by atoms with Gasteiger partial charge in [-0.2, -0.15) is 0 Å². The lowest BCUT2D eigenvalue weighted by Gasteiger charge is -2.32. The van der Waals surface area contributed by atoms with Gasteiger partial charge in [-0.1, -0.05) is 48.0 Å². The van der Waals surface area contributed by atoms with Crippen LogP contribution < -0.4 is 0 Å². The highest BCUT2D eigenvalue weighted by atomic mass is 35.5. The van der Waals surface area contributed by atoms with E-state index < -0.39 is 0 Å². The third-order valence-corrected chi connectivity index (χ3v) is 6.02. The molecule has 3 aromatic rings. The third-order valence-electron chi connectivity index (χ3n) is 5.78. The third kappa shape index (κ3) is 5.15. The van der Waals surface area contributed by atoms with Crippen molar-refractivity contribution in [2.75, 3.05) is 19.6 Å². The lowest BCUT2D eigenvalue weighted by molar-refractivity contribution is 0.171. The van der Waals surface area contributed by atoms with E-state index in [0.717, 1.165) is 22.9 Å². The van der Waals surface area contributed by atoms with E-state index in [2.05, 4.69) is 52.3 Å². The van der Waals surface area contributed by atoms with Gasteiger partial charge in [-0.15, -0.1) is 0 Å². The zero-order chi connectivity index (χ0) is 18.5. The molecule has 2 aromatic carbocycles. The van der Waals surface area contributed by atoms with E-state index in [0.29, 0.717) is 0 Å². The molecule has 1 aromatic heterocycles. The first kappa shape index (κ1) is 18.6. The molecule has 0 radical (unpaired) electrons. The summed E-state index contributed by atoms with van der Waals surface area (Å²) >= 11 is 6.08. The molecule has 0 spiro atoms. The maximum absolute atomic E-state index is 6.08. The van der Waals surface area contributed by atoms with Gasteiger partial charge in [0.15, 0.2) is 0 Å². The Kier molecular flexibility index (Phi) is 6.16. The summed E-state index contributed by atoms with van der Waals surface area (Å²) < 4.78 is 0. The van der Waals surface area contributed by atoms with E-state index in [9.17, 15) is 0 Å². The maximum atomic E-state index is 6.08. The number of H-pyrrole nitrogens is 1. The molecule has 1 N–H and O–H groups in total. The van der Waals surface area contributed by atoms with Gasteiger partial charge in [0, 0.05) is 22.8 Å². The normalized spacial score (nSPS) is 18.2. The summed E-state index contributed by atoms with van der Waals surface area (Å²) in [5.41, 5.74) is 3.97. The smallest absolute Gasteiger partial charge is 0.0471 e. The van der Waals surface area contributed by atoms with E-state index in [1.165, 1.54) is 68.4 Å². The fourth-order valence-corrected chi connectivity index (χ4v) is 4.59. The van der Waals surface area contributed by atoms with Crippen molar-refractivity contribution < 1.29 is 0 Å². The molecule has 0 amide bonds. The second kappa shape index (κ2) is 8.95. The molecule has 142 valence electrons. The van der Waals surface area contributed by atoms with Crippen molar-refractivity contribution in [3.8, 4) is 0 Å². The van der Waals surface area contributed by atoms with Gasteiger partial charge in [0.1, 0.15) is 0 Å². The van der Waals surface area contributed by atoms with Gasteiger partial charge in [0.25, 0.3) is 0 Å². The van der Waals surface area contributed by atoms with Gasteiger partial charge < -0.3 is 9.88 Å². The Balaban J connectivity index is 1.21. The number of hydrogen-bond acceptors (Lipinski definition) is 1. The Hall–Kier alpha value is -1.77. The second-order valence-electron chi connectivity index (χ2n) is 7.98. The highest BCUT2D eigenvalue weighted by molar-refractivity contribution is 6.31. The summed E-state index contributed by atoms with van der Waals surface area (Å²) in [5.74, 6) is 0.819. The molecule has 27 heavy (non-hydrogen) atoms. The van der Waals surface area contributed by atoms with Gasteiger partial charge in [-0.25, -0.2) is 0 Å². The molecule has 2 heterocycles. The first-order valence-corrected chi connectivity index (χ1v) is 10.7. The highest BCUT2D eigenvalue weighted by Gasteiger charge is 2.19. The number of halogens is 1. The molecule has 3 heteroatoms. The van der Waals surface area contributed by atoms with Crippen LogP contribution in [0.5, 0.6) is 0 Å². The molecule has 1 atom stereocenters. The van der Waals surface area contributed by atoms with Crippen LogP contribution in [-0.2, 0) is 12.8 Å². The number of likely N-dealkylation sites (tertiary alicyclic amines) is 1. The van der Waals surface area contributed by atoms with Crippen molar-refractivity contribution >= 4 is 22.5 Å². The summed E-state index contributed by atoms with van der Waals surface area (Å²) in [6, 6.07) is 19.3. The second-order valence-corrected chi connectivity index (χ2v) is 8.42. The van der Waals surface area contributed by atoms with Crippen molar-refractivity contribution in [3.63, 3.8) is 0 Å². The molecule has 1 fully saturated rings. The molecule has 0 bridgehead atoms. The van der Waals surface area contributed by atoms with Crippen LogP contribution >= 0.6 is 11.6 Å². The number of aromatic amines is 1. The lowest BCUT2D eigenvalue weighted by atomic mass is 9.91. The van der Waals surface area contributed by atoms with Gasteiger partial charge in [-0.05, 0) is 86.7 Å². The molecule has 1 saturated heterocycles. The largest absolute Gasteiger partial charge is 0.358 e. The van der Waals surface area contributed by atoms with Gasteiger partial charge in [0.05, 0.1) is 0 Å². The van der Waals surface area contributed by atoms with Crippen molar-refractivity contribution in [1.82, 2.24) is 9.88 Å². The van der Waals surface area contributed by atoms with E-state index in [-0.39, 0.29) is 0 Å². The quantitative estimate of drug-likeness (QED) is 0.491. The molecule has 0 saturated carbocycles. The summed E-state index contributed by atoms with van der Waals surface area (Å²) in [4.78, 5) is 6.19. The van der Waals surface area contributed by atoms with Crippen LogP contribution in [0.15, 0.2) is 54.6 Å². The number of benzene rings is 2. The first-order chi connectivity index (χ1) is 13.3. The number of hydrogen-bond donors (Lipinski definition) is 1. The van der Waals surface area contributed by atoms with Crippen LogP contribution in [-0.4, -0.2) is 29.5 Å². The molecule has 0 aliphatic carbocycles. The number of aryl methyl sites for hydroxylation is 1. The molecular weight excluding hydrogens is 352 g/mol. The number of piperidine rings is 1. The van der Waals surface area contributed by atoms with E-state index >= 15 is 0 Å². The number of unbranched alkanes of at least 4 members (excludes halogenated alkanes) is 1. The van der Waals surface area contributed by atoms with E-state index in [1.54, 1.807) is 0 Å². The van der Waals surface area contributed by atoms with Crippen LogP contribution in [0.25, 0.3) is 10.9 Å². The van der Waals surface area contributed by atoms with Crippen molar-refractivity contribution in [3.05, 3.63) is 70.9 Å². The monoisotopic (exact) mass is 380 g/mol. The SMILES string of the molecule is Clc1ccc2cc(CCCCN3CCCC(Cc4ccccc4)C3)[nH]c2c1. The van der Waals surface area contributed by atoms with Crippen LogP contribution in [0.2, 0.25) is 5.02 Å². The predicted molar refractivity (Wildman–Crippen MR) is 116 cm³/mol. The summed E-state index contributed by atoms with van der Waals surface area (Å²) in [5, 5.41) is 2.06. The summed E-state index contributed by atoms with van der Waals surface area (Å²) in [6.07, 6.45) is 7.58. The average molecular weight is 381 g/mol. The minimum Gasteiger partial charge on any atom is -0.358 e. The van der Waals surface area contributed by atoms with Crippen LogP contribution in [0.1, 0.15) is 36.9 Å². The topological polar surface area (TPSA) is 19.0 Å². The zero-order valence-corrected chi connectivity index (χ0v) is 16.7. The molecule has 1 aliphatic rings. The number of aromatic nitrogens is 1. The zero-order valence-electron chi connectivity index (χ0n) is 16.0. The van der Waals surface area contributed by atoms with Crippen LogP contribution in [0, 0.1) is 5.92 Å². The molecule has 1 aliphatic heterocycles. The Morgan fingerprint density at radius 1 is 1.04 bits per heavy atom.